The largest absolute Gasteiger partial charge is 0.395 e. The standard InChI is InChI=1S/C9H19NO/c1-9-5-3-2-4-6-10(9)7-8-11/h9,11H,2-8H2,1H3. The second-order valence-electron chi connectivity index (χ2n) is 3.46. The number of aliphatic hydroxyl groups is 1. The van der Waals surface area contributed by atoms with Crippen molar-refractivity contribution in [3.05, 3.63) is 0 Å². The molecule has 0 aromatic heterocycles. The van der Waals surface area contributed by atoms with Gasteiger partial charge in [0.2, 0.25) is 0 Å². The number of rotatable bonds is 2. The van der Waals surface area contributed by atoms with E-state index in [1.807, 2.05) is 0 Å². The molecule has 1 rings (SSSR count). The van der Waals surface area contributed by atoms with Crippen LogP contribution in [0.3, 0.4) is 0 Å². The number of β-amino-alcohol motifs (C(OH)–C–C–N with tert-alkyl or cyclic N) is 1. The molecular formula is C9H19NO. The van der Waals surface area contributed by atoms with Crippen LogP contribution in [0.25, 0.3) is 0 Å². The molecule has 1 fully saturated rings. The Bertz CT molecular complexity index is 106. The zero-order valence-corrected chi connectivity index (χ0v) is 7.42. The van der Waals surface area contributed by atoms with E-state index in [0.29, 0.717) is 12.6 Å². The third-order valence-corrected chi connectivity index (χ3v) is 2.58. The summed E-state index contributed by atoms with van der Waals surface area (Å²) in [7, 11) is 0. The Labute approximate surface area is 69.2 Å². The molecule has 2 heteroatoms. The van der Waals surface area contributed by atoms with E-state index in [9.17, 15) is 0 Å². The van der Waals surface area contributed by atoms with E-state index in [4.69, 9.17) is 5.11 Å². The maximum atomic E-state index is 8.79. The molecule has 1 atom stereocenters. The molecule has 0 radical (unpaired) electrons. The predicted molar refractivity (Wildman–Crippen MR) is 46.6 cm³/mol. The highest BCUT2D eigenvalue weighted by Crippen LogP contribution is 2.15. The third-order valence-electron chi connectivity index (χ3n) is 2.58. The Morgan fingerprint density at radius 3 is 2.91 bits per heavy atom. The van der Waals surface area contributed by atoms with Crippen molar-refractivity contribution in [2.45, 2.75) is 38.6 Å². The van der Waals surface area contributed by atoms with Crippen LogP contribution in [0.5, 0.6) is 0 Å². The van der Waals surface area contributed by atoms with Gasteiger partial charge in [-0.1, -0.05) is 12.8 Å². The van der Waals surface area contributed by atoms with Gasteiger partial charge in [0.05, 0.1) is 6.61 Å². The van der Waals surface area contributed by atoms with E-state index in [0.717, 1.165) is 6.54 Å². The third kappa shape index (κ3) is 2.80. The first-order chi connectivity index (χ1) is 5.34. The smallest absolute Gasteiger partial charge is 0.0558 e. The summed E-state index contributed by atoms with van der Waals surface area (Å²) in [5.41, 5.74) is 0. The van der Waals surface area contributed by atoms with Gasteiger partial charge < -0.3 is 5.11 Å². The van der Waals surface area contributed by atoms with E-state index >= 15 is 0 Å². The van der Waals surface area contributed by atoms with Crippen LogP contribution in [-0.4, -0.2) is 35.7 Å². The van der Waals surface area contributed by atoms with Crippen LogP contribution in [0.4, 0.5) is 0 Å². The Balaban J connectivity index is 2.32. The van der Waals surface area contributed by atoms with Crippen molar-refractivity contribution in [1.82, 2.24) is 4.90 Å². The quantitative estimate of drug-likeness (QED) is 0.652. The van der Waals surface area contributed by atoms with Gasteiger partial charge in [-0.2, -0.15) is 0 Å². The molecule has 2 nitrogen and oxygen atoms in total. The van der Waals surface area contributed by atoms with Crippen LogP contribution < -0.4 is 0 Å². The summed E-state index contributed by atoms with van der Waals surface area (Å²) in [6, 6.07) is 0.685. The fourth-order valence-electron chi connectivity index (χ4n) is 1.80. The van der Waals surface area contributed by atoms with Gasteiger partial charge in [0.15, 0.2) is 0 Å². The molecule has 0 saturated carbocycles. The highest BCUT2D eigenvalue weighted by Gasteiger charge is 2.15. The Kier molecular flexibility index (Phi) is 3.87. The molecule has 11 heavy (non-hydrogen) atoms. The van der Waals surface area contributed by atoms with E-state index in [1.54, 1.807) is 0 Å². The number of likely N-dealkylation sites (tertiary alicyclic amines) is 1. The monoisotopic (exact) mass is 157 g/mol. The van der Waals surface area contributed by atoms with Crippen LogP contribution in [-0.2, 0) is 0 Å². The van der Waals surface area contributed by atoms with Gasteiger partial charge in [0.25, 0.3) is 0 Å². The molecule has 0 aromatic carbocycles. The molecular weight excluding hydrogens is 138 g/mol. The normalized spacial score (nSPS) is 28.4. The molecule has 0 aromatic rings. The molecule has 1 aliphatic heterocycles. The summed E-state index contributed by atoms with van der Waals surface area (Å²) in [6.45, 7) is 4.62. The minimum atomic E-state index is 0.310. The summed E-state index contributed by atoms with van der Waals surface area (Å²) >= 11 is 0. The fourth-order valence-corrected chi connectivity index (χ4v) is 1.80. The predicted octanol–water partition coefficient (Wildman–Crippen LogP) is 1.24. The van der Waals surface area contributed by atoms with Crippen molar-refractivity contribution in [3.63, 3.8) is 0 Å². The zero-order valence-electron chi connectivity index (χ0n) is 7.42. The van der Waals surface area contributed by atoms with Crippen molar-refractivity contribution < 1.29 is 5.11 Å². The van der Waals surface area contributed by atoms with E-state index < -0.39 is 0 Å². The number of aliphatic hydroxyl groups excluding tert-OH is 1. The van der Waals surface area contributed by atoms with Crippen LogP contribution in [0.2, 0.25) is 0 Å². The number of hydrogen-bond acceptors (Lipinski definition) is 2. The van der Waals surface area contributed by atoms with Gasteiger partial charge >= 0.3 is 0 Å². The zero-order chi connectivity index (χ0) is 8.10. The summed E-state index contributed by atoms with van der Waals surface area (Å²) in [5, 5.41) is 8.79. The van der Waals surface area contributed by atoms with E-state index in [2.05, 4.69) is 11.8 Å². The second kappa shape index (κ2) is 4.73. The van der Waals surface area contributed by atoms with Gasteiger partial charge in [-0.25, -0.2) is 0 Å². The summed E-state index contributed by atoms with van der Waals surface area (Å²) < 4.78 is 0. The lowest BCUT2D eigenvalue weighted by Crippen LogP contribution is -2.34. The molecule has 1 N–H and O–H groups in total. The van der Waals surface area contributed by atoms with E-state index in [-0.39, 0.29) is 0 Å². The van der Waals surface area contributed by atoms with Crippen molar-refractivity contribution in [2.75, 3.05) is 19.7 Å². The highest BCUT2D eigenvalue weighted by molar-refractivity contribution is 4.70. The first-order valence-electron chi connectivity index (χ1n) is 4.69. The highest BCUT2D eigenvalue weighted by atomic mass is 16.3. The Morgan fingerprint density at radius 2 is 2.18 bits per heavy atom. The van der Waals surface area contributed by atoms with Crippen LogP contribution in [0.1, 0.15) is 32.6 Å². The van der Waals surface area contributed by atoms with Crippen LogP contribution >= 0.6 is 0 Å². The van der Waals surface area contributed by atoms with Crippen LogP contribution in [0.15, 0.2) is 0 Å². The summed E-state index contributed by atoms with van der Waals surface area (Å²) in [6.07, 6.45) is 5.35. The van der Waals surface area contributed by atoms with Gasteiger partial charge in [0, 0.05) is 12.6 Å². The molecule has 1 saturated heterocycles. The van der Waals surface area contributed by atoms with Gasteiger partial charge in [0.1, 0.15) is 0 Å². The minimum absolute atomic E-state index is 0.310. The first kappa shape index (κ1) is 9.01. The Hall–Kier alpha value is -0.0800. The molecule has 66 valence electrons. The average molecular weight is 157 g/mol. The van der Waals surface area contributed by atoms with Crippen molar-refractivity contribution in [2.24, 2.45) is 0 Å². The molecule has 0 amide bonds. The molecule has 1 aliphatic rings. The lowest BCUT2D eigenvalue weighted by molar-refractivity contribution is 0.161. The first-order valence-corrected chi connectivity index (χ1v) is 4.69. The van der Waals surface area contributed by atoms with Crippen molar-refractivity contribution in [1.29, 1.82) is 0 Å². The maximum Gasteiger partial charge on any atom is 0.0558 e. The molecule has 0 aliphatic carbocycles. The number of nitrogens with zero attached hydrogens (tertiary/aromatic N) is 1. The van der Waals surface area contributed by atoms with Crippen molar-refractivity contribution >= 4 is 0 Å². The lowest BCUT2D eigenvalue weighted by atomic mass is 10.1. The molecule has 0 spiro atoms. The van der Waals surface area contributed by atoms with Gasteiger partial charge in [-0.05, 0) is 26.3 Å². The second-order valence-corrected chi connectivity index (χ2v) is 3.46. The average Bonchev–Trinajstić information content (AvgIpc) is 2.18. The van der Waals surface area contributed by atoms with Crippen molar-refractivity contribution in [3.8, 4) is 0 Å². The van der Waals surface area contributed by atoms with Gasteiger partial charge in [-0.15, -0.1) is 0 Å². The van der Waals surface area contributed by atoms with Crippen LogP contribution in [0, 0.1) is 0 Å². The minimum Gasteiger partial charge on any atom is -0.395 e. The Morgan fingerprint density at radius 1 is 1.36 bits per heavy atom. The topological polar surface area (TPSA) is 23.5 Å². The molecule has 1 heterocycles. The SMILES string of the molecule is CC1CCCCCN1CCO. The summed E-state index contributed by atoms with van der Waals surface area (Å²) in [4.78, 5) is 2.40. The molecule has 1 unspecified atom stereocenters. The fraction of sp³-hybridized carbons (Fsp3) is 1.00. The summed E-state index contributed by atoms with van der Waals surface area (Å²) in [5.74, 6) is 0. The number of hydrogen-bond donors (Lipinski definition) is 1. The maximum absolute atomic E-state index is 8.79. The molecule has 0 bridgehead atoms. The lowest BCUT2D eigenvalue weighted by Gasteiger charge is -2.25. The van der Waals surface area contributed by atoms with Gasteiger partial charge in [-0.3, -0.25) is 4.90 Å². The van der Waals surface area contributed by atoms with E-state index in [1.165, 1.54) is 32.2 Å².